The fraction of sp³-hybridized carbons (Fsp3) is 0.471. The van der Waals surface area contributed by atoms with Crippen LogP contribution in [0, 0.1) is 20.8 Å². The van der Waals surface area contributed by atoms with Gasteiger partial charge in [0.1, 0.15) is 5.82 Å². The van der Waals surface area contributed by atoms with Gasteiger partial charge in [-0.1, -0.05) is 0 Å². The first-order chi connectivity index (χ1) is 11.4. The molecule has 2 aromatic rings. The number of likely N-dealkylation sites (tertiary alicyclic amines) is 1. The second-order valence-corrected chi connectivity index (χ2v) is 6.22. The second kappa shape index (κ2) is 6.51. The van der Waals surface area contributed by atoms with E-state index in [1.165, 1.54) is 0 Å². The van der Waals surface area contributed by atoms with Crippen molar-refractivity contribution in [1.29, 1.82) is 0 Å². The fourth-order valence-corrected chi connectivity index (χ4v) is 3.11. The SMILES string of the molecule is CC(=O)N1CCC[C@H]1c1nc(C)cc(Nc2nc(C)cc(C)n2)n1. The van der Waals surface area contributed by atoms with Crippen LogP contribution in [0.4, 0.5) is 11.8 Å². The number of rotatable bonds is 3. The highest BCUT2D eigenvalue weighted by atomic mass is 16.2. The lowest BCUT2D eigenvalue weighted by Gasteiger charge is -2.22. The predicted molar refractivity (Wildman–Crippen MR) is 90.9 cm³/mol. The van der Waals surface area contributed by atoms with E-state index in [1.54, 1.807) is 6.92 Å². The van der Waals surface area contributed by atoms with Gasteiger partial charge in [0, 0.05) is 36.6 Å². The molecule has 24 heavy (non-hydrogen) atoms. The molecule has 1 N–H and O–H groups in total. The lowest BCUT2D eigenvalue weighted by molar-refractivity contribution is -0.129. The quantitative estimate of drug-likeness (QED) is 0.933. The zero-order valence-corrected chi connectivity index (χ0v) is 14.5. The van der Waals surface area contributed by atoms with Crippen LogP contribution in [0.25, 0.3) is 0 Å². The Kier molecular flexibility index (Phi) is 4.42. The van der Waals surface area contributed by atoms with Crippen LogP contribution in [0.2, 0.25) is 0 Å². The Bertz CT molecular complexity index is 755. The summed E-state index contributed by atoms with van der Waals surface area (Å²) in [5.41, 5.74) is 2.64. The van der Waals surface area contributed by atoms with Crippen LogP contribution in [-0.2, 0) is 4.79 Å². The van der Waals surface area contributed by atoms with E-state index >= 15 is 0 Å². The number of amides is 1. The Labute approximate surface area is 141 Å². The van der Waals surface area contributed by atoms with Crippen LogP contribution in [-0.4, -0.2) is 37.3 Å². The van der Waals surface area contributed by atoms with Gasteiger partial charge in [-0.25, -0.2) is 19.9 Å². The monoisotopic (exact) mass is 326 g/mol. The molecule has 0 aliphatic carbocycles. The van der Waals surface area contributed by atoms with E-state index in [1.807, 2.05) is 37.8 Å². The topological polar surface area (TPSA) is 83.9 Å². The minimum Gasteiger partial charge on any atom is -0.333 e. The highest BCUT2D eigenvalue weighted by Crippen LogP contribution is 2.30. The first-order valence-electron chi connectivity index (χ1n) is 8.14. The van der Waals surface area contributed by atoms with E-state index in [0.717, 1.165) is 36.5 Å². The summed E-state index contributed by atoms with van der Waals surface area (Å²) in [4.78, 5) is 31.5. The number of nitrogens with zero attached hydrogens (tertiary/aromatic N) is 5. The van der Waals surface area contributed by atoms with Crippen molar-refractivity contribution in [3.05, 3.63) is 35.0 Å². The molecule has 1 saturated heterocycles. The maximum absolute atomic E-state index is 11.8. The number of aromatic nitrogens is 4. The van der Waals surface area contributed by atoms with Crippen molar-refractivity contribution in [2.75, 3.05) is 11.9 Å². The third-order valence-electron chi connectivity index (χ3n) is 4.05. The number of carbonyl (C=O) groups is 1. The molecule has 126 valence electrons. The summed E-state index contributed by atoms with van der Waals surface area (Å²) in [6.45, 7) is 8.14. The number of nitrogens with one attached hydrogen (secondary N) is 1. The van der Waals surface area contributed by atoms with Gasteiger partial charge >= 0.3 is 0 Å². The van der Waals surface area contributed by atoms with Crippen LogP contribution in [0.5, 0.6) is 0 Å². The van der Waals surface area contributed by atoms with Gasteiger partial charge in [-0.2, -0.15) is 0 Å². The van der Waals surface area contributed by atoms with Crippen LogP contribution >= 0.6 is 0 Å². The van der Waals surface area contributed by atoms with Crippen LogP contribution in [0.1, 0.15) is 48.7 Å². The first-order valence-corrected chi connectivity index (χ1v) is 8.14. The normalized spacial score (nSPS) is 17.2. The largest absolute Gasteiger partial charge is 0.333 e. The molecule has 0 bridgehead atoms. The molecule has 3 rings (SSSR count). The molecule has 1 amide bonds. The van der Waals surface area contributed by atoms with E-state index in [2.05, 4.69) is 25.3 Å². The van der Waals surface area contributed by atoms with Crippen molar-refractivity contribution in [3.63, 3.8) is 0 Å². The predicted octanol–water partition coefficient (Wildman–Crippen LogP) is 2.62. The Hall–Kier alpha value is -2.57. The minimum absolute atomic E-state index is 0.0527. The summed E-state index contributed by atoms with van der Waals surface area (Å²) >= 11 is 0. The molecule has 1 aliphatic heterocycles. The lowest BCUT2D eigenvalue weighted by Crippen LogP contribution is -2.29. The van der Waals surface area contributed by atoms with Gasteiger partial charge in [-0.3, -0.25) is 4.79 Å². The fourth-order valence-electron chi connectivity index (χ4n) is 3.11. The van der Waals surface area contributed by atoms with E-state index in [9.17, 15) is 4.79 Å². The van der Waals surface area contributed by atoms with E-state index < -0.39 is 0 Å². The van der Waals surface area contributed by atoms with Gasteiger partial charge in [0.05, 0.1) is 6.04 Å². The van der Waals surface area contributed by atoms with Gasteiger partial charge in [0.25, 0.3) is 0 Å². The molecule has 1 atom stereocenters. The van der Waals surface area contributed by atoms with Gasteiger partial charge in [-0.05, 0) is 39.7 Å². The number of hydrogen-bond acceptors (Lipinski definition) is 6. The van der Waals surface area contributed by atoms with Crippen molar-refractivity contribution in [2.45, 2.75) is 46.6 Å². The third kappa shape index (κ3) is 3.50. The highest BCUT2D eigenvalue weighted by molar-refractivity contribution is 5.74. The van der Waals surface area contributed by atoms with Crippen molar-refractivity contribution < 1.29 is 4.79 Å². The van der Waals surface area contributed by atoms with E-state index in [0.29, 0.717) is 17.6 Å². The van der Waals surface area contributed by atoms with Crippen molar-refractivity contribution in [1.82, 2.24) is 24.8 Å². The Balaban J connectivity index is 1.90. The van der Waals surface area contributed by atoms with Crippen LogP contribution < -0.4 is 5.32 Å². The smallest absolute Gasteiger partial charge is 0.228 e. The molecule has 7 heteroatoms. The summed E-state index contributed by atoms with van der Waals surface area (Å²) in [5.74, 6) is 1.91. The van der Waals surface area contributed by atoms with Crippen molar-refractivity contribution in [2.24, 2.45) is 0 Å². The molecule has 1 fully saturated rings. The average molecular weight is 326 g/mol. The van der Waals surface area contributed by atoms with Crippen molar-refractivity contribution >= 4 is 17.7 Å². The van der Waals surface area contributed by atoms with Gasteiger partial charge in [-0.15, -0.1) is 0 Å². The molecule has 3 heterocycles. The molecule has 7 nitrogen and oxygen atoms in total. The van der Waals surface area contributed by atoms with Gasteiger partial charge < -0.3 is 10.2 Å². The Morgan fingerprint density at radius 2 is 1.75 bits per heavy atom. The summed E-state index contributed by atoms with van der Waals surface area (Å²) in [5, 5.41) is 3.16. The Morgan fingerprint density at radius 1 is 1.08 bits per heavy atom. The molecular formula is C17H22N6O. The number of aryl methyl sites for hydroxylation is 3. The molecule has 2 aromatic heterocycles. The number of anilines is 2. The van der Waals surface area contributed by atoms with Crippen LogP contribution in [0.3, 0.4) is 0 Å². The summed E-state index contributed by atoms with van der Waals surface area (Å²) in [6, 6.07) is 3.73. The van der Waals surface area contributed by atoms with Crippen molar-refractivity contribution in [3.8, 4) is 0 Å². The molecule has 0 unspecified atom stereocenters. The summed E-state index contributed by atoms with van der Waals surface area (Å²) < 4.78 is 0. The lowest BCUT2D eigenvalue weighted by atomic mass is 10.2. The zero-order chi connectivity index (χ0) is 17.3. The molecule has 1 aliphatic rings. The van der Waals surface area contributed by atoms with Crippen LogP contribution in [0.15, 0.2) is 12.1 Å². The maximum Gasteiger partial charge on any atom is 0.228 e. The molecule has 0 radical (unpaired) electrons. The van der Waals surface area contributed by atoms with E-state index in [4.69, 9.17) is 0 Å². The first kappa shape index (κ1) is 16.3. The zero-order valence-electron chi connectivity index (χ0n) is 14.5. The maximum atomic E-state index is 11.8. The molecule has 0 saturated carbocycles. The molecular weight excluding hydrogens is 304 g/mol. The second-order valence-electron chi connectivity index (χ2n) is 6.22. The highest BCUT2D eigenvalue weighted by Gasteiger charge is 2.30. The number of carbonyl (C=O) groups excluding carboxylic acids is 1. The number of hydrogen-bond donors (Lipinski definition) is 1. The summed E-state index contributed by atoms with van der Waals surface area (Å²) in [6.07, 6.45) is 1.87. The average Bonchev–Trinajstić information content (AvgIpc) is 2.95. The standard InChI is InChI=1S/C17H22N6O/c1-10-8-11(2)20-17(19-10)22-15-9-12(3)18-16(21-15)14-6-5-7-23(14)13(4)24/h8-9,14H,5-7H2,1-4H3,(H,18,19,20,21,22)/t14-/m0/s1. The van der Waals surface area contributed by atoms with Gasteiger partial charge in [0.2, 0.25) is 11.9 Å². The van der Waals surface area contributed by atoms with Gasteiger partial charge in [0.15, 0.2) is 5.82 Å². The minimum atomic E-state index is -0.0527. The Morgan fingerprint density at radius 3 is 2.42 bits per heavy atom. The summed E-state index contributed by atoms with van der Waals surface area (Å²) in [7, 11) is 0. The molecule has 0 spiro atoms. The molecule has 0 aromatic carbocycles. The van der Waals surface area contributed by atoms with E-state index in [-0.39, 0.29) is 11.9 Å². The third-order valence-corrected chi connectivity index (χ3v) is 4.05.